The van der Waals surface area contributed by atoms with Gasteiger partial charge in [0.2, 0.25) is 5.91 Å². The minimum atomic E-state index is -4.67. The molecule has 0 bridgehead atoms. The standard InChI is InChI=1S/C23H25F5N2O/c1-13(2)12-19(22(31)29-16-10-11-16)30-21(23(26,27)28)15-8-6-14(7-9-15)20-17(24)4-3-5-18(20)25/h3-9,13,16,19,21,30H,10-12H2,1-2H3,(H,29,31)/t19-,21?/m0/s1. The third kappa shape index (κ3) is 6.03. The summed E-state index contributed by atoms with van der Waals surface area (Å²) in [6.45, 7) is 3.67. The van der Waals surface area contributed by atoms with Crippen LogP contribution in [0.25, 0.3) is 11.1 Å². The number of hydrogen-bond donors (Lipinski definition) is 2. The van der Waals surface area contributed by atoms with Crippen LogP contribution >= 0.6 is 0 Å². The monoisotopic (exact) mass is 440 g/mol. The molecule has 0 radical (unpaired) electrons. The van der Waals surface area contributed by atoms with Crippen molar-refractivity contribution in [2.75, 3.05) is 0 Å². The molecule has 0 saturated heterocycles. The lowest BCUT2D eigenvalue weighted by molar-refractivity contribution is -0.161. The van der Waals surface area contributed by atoms with Crippen LogP contribution in [0.1, 0.15) is 44.7 Å². The van der Waals surface area contributed by atoms with Crippen LogP contribution in [0.5, 0.6) is 0 Å². The second-order valence-electron chi connectivity index (χ2n) is 8.32. The van der Waals surface area contributed by atoms with Crippen LogP contribution in [0, 0.1) is 17.6 Å². The van der Waals surface area contributed by atoms with E-state index in [1.54, 1.807) is 0 Å². The van der Waals surface area contributed by atoms with Gasteiger partial charge in [-0.1, -0.05) is 44.2 Å². The molecule has 1 aliphatic rings. The highest BCUT2D eigenvalue weighted by atomic mass is 19.4. The van der Waals surface area contributed by atoms with Crippen molar-refractivity contribution in [2.45, 2.75) is 57.4 Å². The Morgan fingerprint density at radius 3 is 2.10 bits per heavy atom. The normalized spacial score (nSPS) is 16.3. The van der Waals surface area contributed by atoms with Gasteiger partial charge in [0.05, 0.1) is 11.6 Å². The van der Waals surface area contributed by atoms with Crippen molar-refractivity contribution in [2.24, 2.45) is 5.92 Å². The molecule has 0 spiro atoms. The maximum Gasteiger partial charge on any atom is 0.407 e. The van der Waals surface area contributed by atoms with E-state index in [2.05, 4.69) is 10.6 Å². The lowest BCUT2D eigenvalue weighted by Gasteiger charge is -2.28. The fourth-order valence-electron chi connectivity index (χ4n) is 3.45. The molecule has 1 aliphatic carbocycles. The molecule has 3 rings (SSSR count). The quantitative estimate of drug-likeness (QED) is 0.531. The van der Waals surface area contributed by atoms with Crippen LogP contribution in [0.3, 0.4) is 0 Å². The molecule has 2 atom stereocenters. The number of nitrogens with one attached hydrogen (secondary N) is 2. The van der Waals surface area contributed by atoms with Gasteiger partial charge in [-0.25, -0.2) is 8.78 Å². The van der Waals surface area contributed by atoms with Crippen molar-refractivity contribution >= 4 is 5.91 Å². The van der Waals surface area contributed by atoms with Crippen molar-refractivity contribution in [1.29, 1.82) is 0 Å². The maximum absolute atomic E-state index is 14.0. The Kier molecular flexibility index (Phi) is 6.99. The van der Waals surface area contributed by atoms with E-state index in [0.717, 1.165) is 25.0 Å². The second kappa shape index (κ2) is 9.34. The molecule has 0 aliphatic heterocycles. The van der Waals surface area contributed by atoms with Gasteiger partial charge in [-0.05, 0) is 48.4 Å². The Labute approximate surface area is 178 Å². The lowest BCUT2D eigenvalue weighted by Crippen LogP contribution is -2.50. The molecule has 0 aromatic heterocycles. The van der Waals surface area contributed by atoms with Crippen molar-refractivity contribution in [3.63, 3.8) is 0 Å². The maximum atomic E-state index is 14.0. The van der Waals surface area contributed by atoms with Crippen molar-refractivity contribution in [3.05, 3.63) is 59.7 Å². The third-order valence-corrected chi connectivity index (χ3v) is 5.14. The fraction of sp³-hybridized carbons (Fsp3) is 0.435. The summed E-state index contributed by atoms with van der Waals surface area (Å²) in [4.78, 5) is 12.5. The molecular weight excluding hydrogens is 415 g/mol. The zero-order chi connectivity index (χ0) is 22.8. The molecule has 2 N–H and O–H groups in total. The molecule has 168 valence electrons. The summed E-state index contributed by atoms with van der Waals surface area (Å²) in [6, 6.07) is 5.16. The molecule has 1 fully saturated rings. The Bertz CT molecular complexity index is 887. The molecule has 1 saturated carbocycles. The number of benzene rings is 2. The number of carbonyl (C=O) groups excluding carboxylic acids is 1. The van der Waals surface area contributed by atoms with Crippen molar-refractivity contribution < 1.29 is 26.7 Å². The summed E-state index contributed by atoms with van der Waals surface area (Å²) < 4.78 is 69.6. The number of carbonyl (C=O) groups is 1. The first kappa shape index (κ1) is 23.2. The van der Waals surface area contributed by atoms with E-state index in [-0.39, 0.29) is 35.1 Å². The van der Waals surface area contributed by atoms with Crippen LogP contribution in [0.2, 0.25) is 0 Å². The van der Waals surface area contributed by atoms with E-state index in [1.807, 2.05) is 13.8 Å². The van der Waals surface area contributed by atoms with E-state index < -0.39 is 35.8 Å². The predicted molar refractivity (Wildman–Crippen MR) is 108 cm³/mol. The topological polar surface area (TPSA) is 41.1 Å². The van der Waals surface area contributed by atoms with Crippen LogP contribution in [-0.2, 0) is 4.79 Å². The molecule has 3 nitrogen and oxygen atoms in total. The Balaban J connectivity index is 1.86. The number of halogens is 5. The largest absolute Gasteiger partial charge is 0.407 e. The van der Waals surface area contributed by atoms with Gasteiger partial charge in [0.25, 0.3) is 0 Å². The van der Waals surface area contributed by atoms with Crippen LogP contribution in [0.15, 0.2) is 42.5 Å². The fourth-order valence-corrected chi connectivity index (χ4v) is 3.45. The first-order valence-electron chi connectivity index (χ1n) is 10.2. The smallest absolute Gasteiger partial charge is 0.352 e. The number of amides is 1. The molecule has 2 aromatic rings. The summed E-state index contributed by atoms with van der Waals surface area (Å²) in [5, 5.41) is 5.23. The van der Waals surface area contributed by atoms with Gasteiger partial charge in [0, 0.05) is 6.04 Å². The summed E-state index contributed by atoms with van der Waals surface area (Å²) in [6.07, 6.45) is -2.77. The van der Waals surface area contributed by atoms with Gasteiger partial charge in [0.1, 0.15) is 17.7 Å². The Hall–Kier alpha value is -2.48. The van der Waals surface area contributed by atoms with Gasteiger partial charge in [-0.2, -0.15) is 13.2 Å². The van der Waals surface area contributed by atoms with Crippen molar-refractivity contribution in [1.82, 2.24) is 10.6 Å². The molecule has 31 heavy (non-hydrogen) atoms. The highest BCUT2D eigenvalue weighted by Crippen LogP contribution is 2.35. The molecular formula is C23H25F5N2O. The van der Waals surface area contributed by atoms with Crippen molar-refractivity contribution in [3.8, 4) is 11.1 Å². The van der Waals surface area contributed by atoms with E-state index in [9.17, 15) is 26.7 Å². The molecule has 2 aromatic carbocycles. The van der Waals surface area contributed by atoms with E-state index in [1.165, 1.54) is 30.3 Å². The van der Waals surface area contributed by atoms with Gasteiger partial charge in [0.15, 0.2) is 0 Å². The highest BCUT2D eigenvalue weighted by Gasteiger charge is 2.43. The van der Waals surface area contributed by atoms with E-state index in [0.29, 0.717) is 0 Å². The minimum absolute atomic E-state index is 0.00254. The summed E-state index contributed by atoms with van der Waals surface area (Å²) in [5.74, 6) is -2.04. The first-order valence-corrected chi connectivity index (χ1v) is 10.2. The van der Waals surface area contributed by atoms with E-state index in [4.69, 9.17) is 0 Å². The second-order valence-corrected chi connectivity index (χ2v) is 8.32. The van der Waals surface area contributed by atoms with Gasteiger partial charge in [-0.15, -0.1) is 0 Å². The average molecular weight is 440 g/mol. The Morgan fingerprint density at radius 1 is 1.03 bits per heavy atom. The molecule has 1 amide bonds. The predicted octanol–water partition coefficient (Wildman–Crippen LogP) is 5.52. The third-order valence-electron chi connectivity index (χ3n) is 5.14. The summed E-state index contributed by atoms with van der Waals surface area (Å²) in [5.41, 5.74) is -0.307. The number of hydrogen-bond acceptors (Lipinski definition) is 2. The zero-order valence-electron chi connectivity index (χ0n) is 17.3. The number of alkyl halides is 3. The summed E-state index contributed by atoms with van der Waals surface area (Å²) in [7, 11) is 0. The SMILES string of the molecule is CC(C)C[C@H](NC(c1ccc(-c2c(F)cccc2F)cc1)C(F)(F)F)C(=O)NC1CC1. The van der Waals surface area contributed by atoms with Crippen LogP contribution in [-0.4, -0.2) is 24.2 Å². The first-order chi connectivity index (χ1) is 14.6. The highest BCUT2D eigenvalue weighted by molar-refractivity contribution is 5.82. The lowest BCUT2D eigenvalue weighted by atomic mass is 9.97. The molecule has 0 heterocycles. The van der Waals surface area contributed by atoms with Crippen LogP contribution in [0.4, 0.5) is 22.0 Å². The molecule has 1 unspecified atom stereocenters. The Morgan fingerprint density at radius 2 is 1.61 bits per heavy atom. The summed E-state index contributed by atoms with van der Waals surface area (Å²) >= 11 is 0. The van der Waals surface area contributed by atoms with E-state index >= 15 is 0 Å². The zero-order valence-corrected chi connectivity index (χ0v) is 17.3. The molecule has 8 heteroatoms. The van der Waals surface area contributed by atoms with Crippen LogP contribution < -0.4 is 10.6 Å². The minimum Gasteiger partial charge on any atom is -0.352 e. The van der Waals surface area contributed by atoms with Gasteiger partial charge in [-0.3, -0.25) is 10.1 Å². The van der Waals surface area contributed by atoms with Gasteiger partial charge < -0.3 is 5.32 Å². The van der Waals surface area contributed by atoms with Gasteiger partial charge >= 0.3 is 6.18 Å². The number of rotatable bonds is 8. The average Bonchev–Trinajstić information content (AvgIpc) is 3.48.